The maximum absolute atomic E-state index is 13.6. The monoisotopic (exact) mass is 233 g/mol. The van der Waals surface area contributed by atoms with Crippen LogP contribution in [-0.4, -0.2) is 16.7 Å². The summed E-state index contributed by atoms with van der Waals surface area (Å²) in [5.41, 5.74) is 1.00. The molecule has 1 aromatic carbocycles. The zero-order valence-corrected chi connectivity index (χ0v) is 9.35. The van der Waals surface area contributed by atoms with Crippen molar-refractivity contribution in [2.45, 2.75) is 6.92 Å². The number of hydrogen-bond acceptors (Lipinski definition) is 3. The number of phenols is 1. The molecule has 0 amide bonds. The second kappa shape index (κ2) is 4.82. The Morgan fingerprint density at radius 1 is 1.29 bits per heavy atom. The predicted molar refractivity (Wildman–Crippen MR) is 62.5 cm³/mol. The van der Waals surface area contributed by atoms with Crippen molar-refractivity contribution < 1.29 is 14.2 Å². The summed E-state index contributed by atoms with van der Waals surface area (Å²) in [4.78, 5) is 3.99. The molecular weight excluding hydrogens is 221 g/mol. The zero-order chi connectivity index (χ0) is 12.3. The van der Waals surface area contributed by atoms with Crippen LogP contribution >= 0.6 is 0 Å². The fourth-order valence-electron chi connectivity index (χ4n) is 1.55. The number of hydrogen-bond donors (Lipinski definition) is 1. The highest BCUT2D eigenvalue weighted by Crippen LogP contribution is 2.27. The van der Waals surface area contributed by atoms with Gasteiger partial charge in [0, 0.05) is 23.4 Å². The number of nitrogens with zero attached hydrogens (tertiary/aromatic N) is 1. The molecule has 0 aliphatic rings. The van der Waals surface area contributed by atoms with E-state index in [-0.39, 0.29) is 5.75 Å². The average Bonchev–Trinajstić information content (AvgIpc) is 2.29. The summed E-state index contributed by atoms with van der Waals surface area (Å²) in [6.07, 6.45) is 3.13. The molecule has 0 aliphatic carbocycles. The Hall–Kier alpha value is -2.10. The molecule has 0 fully saturated rings. The summed E-state index contributed by atoms with van der Waals surface area (Å²) in [6.45, 7) is 2.40. The summed E-state index contributed by atoms with van der Waals surface area (Å²) < 4.78 is 18.9. The van der Waals surface area contributed by atoms with Gasteiger partial charge in [-0.05, 0) is 25.1 Å². The third-order valence-corrected chi connectivity index (χ3v) is 2.29. The van der Waals surface area contributed by atoms with Crippen LogP contribution in [0.3, 0.4) is 0 Å². The molecule has 0 aliphatic heterocycles. The van der Waals surface area contributed by atoms with Gasteiger partial charge in [-0.25, -0.2) is 4.39 Å². The number of benzene rings is 1. The molecular formula is C13H12FNO2. The third-order valence-electron chi connectivity index (χ3n) is 2.29. The first-order valence-electron chi connectivity index (χ1n) is 5.27. The normalized spacial score (nSPS) is 10.2. The van der Waals surface area contributed by atoms with Gasteiger partial charge in [0.25, 0.3) is 0 Å². The van der Waals surface area contributed by atoms with Crippen LogP contribution in [0.1, 0.15) is 6.92 Å². The van der Waals surface area contributed by atoms with Gasteiger partial charge in [-0.15, -0.1) is 0 Å². The lowest BCUT2D eigenvalue weighted by molar-refractivity contribution is 0.339. The quantitative estimate of drug-likeness (QED) is 0.886. The minimum atomic E-state index is -0.486. The van der Waals surface area contributed by atoms with Crippen LogP contribution < -0.4 is 4.74 Å². The Balaban J connectivity index is 2.42. The van der Waals surface area contributed by atoms with Gasteiger partial charge in [0.1, 0.15) is 17.3 Å². The summed E-state index contributed by atoms with van der Waals surface area (Å²) >= 11 is 0. The molecule has 0 saturated heterocycles. The minimum Gasteiger partial charge on any atom is -0.508 e. The Bertz CT molecular complexity index is 529. The van der Waals surface area contributed by atoms with Crippen LogP contribution in [0.5, 0.6) is 11.5 Å². The van der Waals surface area contributed by atoms with Gasteiger partial charge in [-0.1, -0.05) is 0 Å². The number of pyridine rings is 1. The molecule has 1 heterocycles. The molecule has 3 nitrogen and oxygen atoms in total. The Kier molecular flexibility index (Phi) is 3.23. The molecule has 4 heteroatoms. The summed E-state index contributed by atoms with van der Waals surface area (Å²) in [7, 11) is 0. The van der Waals surface area contributed by atoms with Crippen molar-refractivity contribution >= 4 is 0 Å². The predicted octanol–water partition coefficient (Wildman–Crippen LogP) is 2.99. The van der Waals surface area contributed by atoms with Crippen molar-refractivity contribution in [2.24, 2.45) is 0 Å². The van der Waals surface area contributed by atoms with Gasteiger partial charge in [0.15, 0.2) is 0 Å². The molecule has 1 aromatic heterocycles. The first-order chi connectivity index (χ1) is 8.20. The van der Waals surface area contributed by atoms with E-state index in [0.29, 0.717) is 23.5 Å². The van der Waals surface area contributed by atoms with Crippen LogP contribution in [0, 0.1) is 5.82 Å². The van der Waals surface area contributed by atoms with E-state index in [4.69, 9.17) is 9.84 Å². The second-order valence-electron chi connectivity index (χ2n) is 3.51. The second-order valence-corrected chi connectivity index (χ2v) is 3.51. The number of rotatable bonds is 3. The van der Waals surface area contributed by atoms with Crippen LogP contribution in [0.25, 0.3) is 11.1 Å². The van der Waals surface area contributed by atoms with Crippen LogP contribution in [0.2, 0.25) is 0 Å². The van der Waals surface area contributed by atoms with Gasteiger partial charge in [0.2, 0.25) is 0 Å². The summed E-state index contributed by atoms with van der Waals surface area (Å²) in [6, 6.07) is 5.73. The number of aromatic nitrogens is 1. The van der Waals surface area contributed by atoms with E-state index < -0.39 is 5.82 Å². The lowest BCUT2D eigenvalue weighted by atomic mass is 10.1. The SMILES string of the molecule is CCOc1cncc(-c2ccc(O)cc2F)c1. The van der Waals surface area contributed by atoms with Crippen molar-refractivity contribution in [1.29, 1.82) is 0 Å². The van der Waals surface area contributed by atoms with Crippen molar-refractivity contribution in [1.82, 2.24) is 4.98 Å². The number of aromatic hydroxyl groups is 1. The maximum Gasteiger partial charge on any atom is 0.138 e. The van der Waals surface area contributed by atoms with E-state index >= 15 is 0 Å². The Morgan fingerprint density at radius 3 is 2.82 bits per heavy atom. The highest BCUT2D eigenvalue weighted by molar-refractivity contribution is 5.65. The first kappa shape index (κ1) is 11.4. The number of halogens is 1. The van der Waals surface area contributed by atoms with Gasteiger partial charge in [-0.3, -0.25) is 4.98 Å². The molecule has 0 bridgehead atoms. The standard InChI is InChI=1S/C13H12FNO2/c1-2-17-11-5-9(7-15-8-11)12-4-3-10(16)6-13(12)14/h3-8,16H,2H2,1H3. The molecule has 2 aromatic rings. The summed E-state index contributed by atoms with van der Waals surface area (Å²) in [5, 5.41) is 9.14. The van der Waals surface area contributed by atoms with E-state index in [1.165, 1.54) is 12.1 Å². The fraction of sp³-hybridized carbons (Fsp3) is 0.154. The fourth-order valence-corrected chi connectivity index (χ4v) is 1.55. The highest BCUT2D eigenvalue weighted by Gasteiger charge is 2.07. The third kappa shape index (κ3) is 2.53. The smallest absolute Gasteiger partial charge is 0.138 e. The van der Waals surface area contributed by atoms with Crippen LogP contribution in [-0.2, 0) is 0 Å². The molecule has 0 radical (unpaired) electrons. The lowest BCUT2D eigenvalue weighted by Gasteiger charge is -2.06. The molecule has 0 spiro atoms. The molecule has 2 rings (SSSR count). The molecule has 88 valence electrons. The molecule has 0 saturated carbocycles. The van der Waals surface area contributed by atoms with E-state index in [9.17, 15) is 4.39 Å². The molecule has 0 unspecified atom stereocenters. The van der Waals surface area contributed by atoms with Crippen LogP contribution in [0.4, 0.5) is 4.39 Å². The van der Waals surface area contributed by atoms with E-state index in [1.54, 1.807) is 18.5 Å². The van der Waals surface area contributed by atoms with Crippen molar-refractivity contribution in [3.8, 4) is 22.6 Å². The lowest BCUT2D eigenvalue weighted by Crippen LogP contribution is -1.93. The van der Waals surface area contributed by atoms with Crippen molar-refractivity contribution in [2.75, 3.05) is 6.61 Å². The van der Waals surface area contributed by atoms with E-state index in [0.717, 1.165) is 6.07 Å². The van der Waals surface area contributed by atoms with Crippen molar-refractivity contribution in [3.05, 3.63) is 42.5 Å². The summed E-state index contributed by atoms with van der Waals surface area (Å²) in [5.74, 6) is 0.0121. The van der Waals surface area contributed by atoms with Gasteiger partial charge in [-0.2, -0.15) is 0 Å². The zero-order valence-electron chi connectivity index (χ0n) is 9.35. The van der Waals surface area contributed by atoms with E-state index in [2.05, 4.69) is 4.98 Å². The van der Waals surface area contributed by atoms with Crippen LogP contribution in [0.15, 0.2) is 36.7 Å². The molecule has 1 N–H and O–H groups in total. The highest BCUT2D eigenvalue weighted by atomic mass is 19.1. The van der Waals surface area contributed by atoms with Gasteiger partial charge < -0.3 is 9.84 Å². The average molecular weight is 233 g/mol. The van der Waals surface area contributed by atoms with Gasteiger partial charge in [0.05, 0.1) is 12.8 Å². The Morgan fingerprint density at radius 2 is 2.12 bits per heavy atom. The number of ether oxygens (including phenoxy) is 1. The molecule has 0 atom stereocenters. The van der Waals surface area contributed by atoms with E-state index in [1.807, 2.05) is 6.92 Å². The maximum atomic E-state index is 13.6. The van der Waals surface area contributed by atoms with Crippen molar-refractivity contribution in [3.63, 3.8) is 0 Å². The largest absolute Gasteiger partial charge is 0.508 e. The minimum absolute atomic E-state index is 0.0971. The van der Waals surface area contributed by atoms with Gasteiger partial charge >= 0.3 is 0 Å². The topological polar surface area (TPSA) is 42.4 Å². The molecule has 17 heavy (non-hydrogen) atoms. The first-order valence-corrected chi connectivity index (χ1v) is 5.27. The number of phenolic OH excluding ortho intramolecular Hbond substituents is 1. The Labute approximate surface area is 98.5 Å².